The van der Waals surface area contributed by atoms with Crippen LogP contribution in [0, 0.1) is 46.3 Å². The van der Waals surface area contributed by atoms with Gasteiger partial charge < -0.3 is 62.7 Å². The number of carbonyl (C=O) groups is 3. The first-order valence-corrected chi connectivity index (χ1v) is 30.2. The summed E-state index contributed by atoms with van der Waals surface area (Å²) in [5.74, 6) is 5.07. The number of rotatable bonds is 35. The first-order chi connectivity index (χ1) is 35.8. The number of ether oxygens (including phenoxy) is 11. The first kappa shape index (κ1) is 59.9. The fourth-order valence-corrected chi connectivity index (χ4v) is 16.6. The number of hydrogen-bond donors (Lipinski definition) is 2. The van der Waals surface area contributed by atoms with E-state index in [0.29, 0.717) is 139 Å². The Balaban J connectivity index is 0.584. The second-order valence-corrected chi connectivity index (χ2v) is 24.8. The molecule has 1 unspecified atom stereocenters. The van der Waals surface area contributed by atoms with Crippen LogP contribution in [0.2, 0.25) is 0 Å². The van der Waals surface area contributed by atoms with Crippen LogP contribution in [0.1, 0.15) is 150 Å². The van der Waals surface area contributed by atoms with Gasteiger partial charge in [-0.05, 0) is 156 Å². The minimum Gasteiger partial charge on any atom is -0.463 e. The van der Waals surface area contributed by atoms with E-state index < -0.39 is 0 Å². The van der Waals surface area contributed by atoms with Crippen LogP contribution in [-0.2, 0) is 61.7 Å². The molecule has 17 heteroatoms. The van der Waals surface area contributed by atoms with Crippen molar-refractivity contribution in [1.82, 2.24) is 10.6 Å². The lowest BCUT2D eigenvalue weighted by molar-refractivity contribution is -0.212. The van der Waals surface area contributed by atoms with Gasteiger partial charge >= 0.3 is 18.0 Å². The van der Waals surface area contributed by atoms with Gasteiger partial charge in [0.15, 0.2) is 6.29 Å². The highest BCUT2D eigenvalue weighted by molar-refractivity contribution is 8.00. The van der Waals surface area contributed by atoms with Crippen LogP contribution >= 0.6 is 11.8 Å². The Hall–Kier alpha value is -1.80. The molecule has 0 radical (unpaired) electrons. The lowest BCUT2D eigenvalue weighted by Crippen LogP contribution is -2.58. The molecular weight excluding hydrogens is 969 g/mol. The second-order valence-electron chi connectivity index (χ2n) is 23.6. The first-order valence-electron chi connectivity index (χ1n) is 29.2. The van der Waals surface area contributed by atoms with Gasteiger partial charge in [-0.15, -0.1) is 0 Å². The molecule has 0 aromatic carbocycles. The maximum atomic E-state index is 12.7. The van der Waals surface area contributed by atoms with Gasteiger partial charge in [0.05, 0.1) is 110 Å². The third-order valence-corrected chi connectivity index (χ3v) is 21.0. The highest BCUT2D eigenvalue weighted by Crippen LogP contribution is 2.68. The van der Waals surface area contributed by atoms with E-state index in [0.717, 1.165) is 68.1 Å². The fourth-order valence-electron chi connectivity index (χ4n) is 14.7. The lowest BCUT2D eigenvalue weighted by atomic mass is 9.44. The summed E-state index contributed by atoms with van der Waals surface area (Å²) in [5.41, 5.74) is 0.339. The number of urea groups is 1. The Morgan fingerprint density at radius 3 is 1.80 bits per heavy atom. The van der Waals surface area contributed by atoms with E-state index in [9.17, 15) is 14.4 Å². The van der Waals surface area contributed by atoms with E-state index in [1.807, 2.05) is 11.8 Å². The molecule has 3 saturated heterocycles. The molecule has 74 heavy (non-hydrogen) atoms. The van der Waals surface area contributed by atoms with Crippen molar-refractivity contribution in [3.8, 4) is 0 Å². The number of thioether (sulfide) groups is 1. The Morgan fingerprint density at radius 1 is 0.635 bits per heavy atom. The molecule has 2 amide bonds. The van der Waals surface area contributed by atoms with Crippen LogP contribution in [0.15, 0.2) is 0 Å². The third kappa shape index (κ3) is 16.4. The highest BCUT2D eigenvalue weighted by Gasteiger charge is 2.62. The summed E-state index contributed by atoms with van der Waals surface area (Å²) in [7, 11) is 0. The van der Waals surface area contributed by atoms with E-state index in [1.165, 1.54) is 70.6 Å². The third-order valence-electron chi connectivity index (χ3n) is 19.1. The number of fused-ring (bicyclic) bond motifs is 6. The number of amides is 2. The summed E-state index contributed by atoms with van der Waals surface area (Å²) in [4.78, 5) is 36.8. The normalized spacial score (nSPS) is 34.7. The molecule has 16 nitrogen and oxygen atoms in total. The van der Waals surface area contributed by atoms with E-state index >= 15 is 0 Å². The van der Waals surface area contributed by atoms with Crippen molar-refractivity contribution >= 4 is 29.7 Å². The van der Waals surface area contributed by atoms with Gasteiger partial charge in [0.1, 0.15) is 13.2 Å². The number of esters is 2. The van der Waals surface area contributed by atoms with Gasteiger partial charge in [-0.2, -0.15) is 11.8 Å². The molecule has 4 aliphatic carbocycles. The molecule has 2 N–H and O–H groups in total. The molecule has 0 aromatic heterocycles. The van der Waals surface area contributed by atoms with E-state index in [1.54, 1.807) is 0 Å². The van der Waals surface area contributed by atoms with E-state index in [-0.39, 0.29) is 48.6 Å². The van der Waals surface area contributed by atoms with Gasteiger partial charge in [0.2, 0.25) is 0 Å². The topological polar surface area (TPSA) is 177 Å². The number of hydrogen-bond acceptors (Lipinski definition) is 15. The number of carbonyl (C=O) groups excluding carboxylic acids is 3. The van der Waals surface area contributed by atoms with Crippen molar-refractivity contribution in [3.63, 3.8) is 0 Å². The van der Waals surface area contributed by atoms with Gasteiger partial charge in [-0.25, -0.2) is 4.79 Å². The van der Waals surface area contributed by atoms with Crippen LogP contribution in [0.25, 0.3) is 0 Å². The molecule has 13 atom stereocenters. The minimum absolute atomic E-state index is 0.0279. The molecule has 7 aliphatic rings. The van der Waals surface area contributed by atoms with Crippen LogP contribution in [0.4, 0.5) is 4.79 Å². The highest BCUT2D eigenvalue weighted by atomic mass is 32.2. The van der Waals surface area contributed by atoms with Gasteiger partial charge in [0.25, 0.3) is 0 Å². The molecule has 0 spiro atoms. The van der Waals surface area contributed by atoms with Gasteiger partial charge in [-0.1, -0.05) is 27.2 Å². The summed E-state index contributed by atoms with van der Waals surface area (Å²) in [5, 5.41) is 6.51. The summed E-state index contributed by atoms with van der Waals surface area (Å²) in [6.07, 6.45) is 20.1. The molecule has 426 valence electrons. The van der Waals surface area contributed by atoms with Crippen LogP contribution < -0.4 is 10.6 Å². The molecule has 0 bridgehead atoms. The zero-order valence-corrected chi connectivity index (χ0v) is 47.1. The Kier molecular flexibility index (Phi) is 24.2. The zero-order chi connectivity index (χ0) is 52.3. The molecule has 3 heterocycles. The molecule has 7 rings (SSSR count). The Morgan fingerprint density at radius 2 is 1.20 bits per heavy atom. The average molecular weight is 1070 g/mol. The van der Waals surface area contributed by atoms with Crippen LogP contribution in [-0.4, -0.2) is 165 Å². The average Bonchev–Trinajstić information content (AvgIpc) is 3.95. The summed E-state index contributed by atoms with van der Waals surface area (Å²) in [6.45, 7) is 19.4. The van der Waals surface area contributed by atoms with E-state index in [4.69, 9.17) is 52.1 Å². The number of unbranched alkanes of at least 4 members (excludes halogenated alkanes) is 1. The second kappa shape index (κ2) is 30.0. The monoisotopic (exact) mass is 1070 g/mol. The standard InChI is InChI=1S/C57H98N2O14S/c1-42(46-16-17-47-45-15-14-43-40-44(73-52-12-8-9-23-72-52)19-21-54(43,2)48(45)20-22-55(46,47)3)13-18-51(61)71-39-37-69-35-33-67-31-29-65-27-25-63-24-26-64-28-30-66-32-34-68-36-38-70-50(60)11-7-6-10-49-57(5)56(4,41-74-49)58-53(62)59-57/h42-49,52H,6-41H2,1-5H3,(H2,58,59,62)/t42-,43-,44-,45+,46-,47+,48+,49+,52?,54+,55-,56+,57-/m1/s1. The summed E-state index contributed by atoms with van der Waals surface area (Å²) in [6, 6.07) is -0.0930. The molecule has 0 aromatic rings. The lowest BCUT2D eigenvalue weighted by Gasteiger charge is -2.61. The predicted molar refractivity (Wildman–Crippen MR) is 283 cm³/mol. The summed E-state index contributed by atoms with van der Waals surface area (Å²) < 4.78 is 62.3. The molecule has 7 fully saturated rings. The largest absolute Gasteiger partial charge is 0.463 e. The van der Waals surface area contributed by atoms with Crippen molar-refractivity contribution in [1.29, 1.82) is 0 Å². The van der Waals surface area contributed by atoms with Crippen molar-refractivity contribution < 1.29 is 66.5 Å². The van der Waals surface area contributed by atoms with Crippen molar-refractivity contribution in [3.05, 3.63) is 0 Å². The molecular formula is C57H98N2O14S. The minimum atomic E-state index is -0.268. The maximum absolute atomic E-state index is 12.7. The quantitative estimate of drug-likeness (QED) is 0.0267. The van der Waals surface area contributed by atoms with Crippen molar-refractivity contribution in [2.24, 2.45) is 46.3 Å². The molecule has 3 aliphatic heterocycles. The number of nitrogens with one attached hydrogen (secondary N) is 2. The van der Waals surface area contributed by atoms with Gasteiger partial charge in [-0.3, -0.25) is 9.59 Å². The Bertz CT molecular complexity index is 1690. The molecule has 4 saturated carbocycles. The van der Waals surface area contributed by atoms with E-state index in [2.05, 4.69) is 45.3 Å². The fraction of sp³-hybridized carbons (Fsp3) is 0.947. The van der Waals surface area contributed by atoms with Gasteiger partial charge in [0, 0.05) is 30.5 Å². The predicted octanol–water partition coefficient (Wildman–Crippen LogP) is 8.68. The van der Waals surface area contributed by atoms with Crippen molar-refractivity contribution in [2.45, 2.75) is 179 Å². The SMILES string of the molecule is C[C@H](CCC(=O)OCCOCCOCCOCCOCCOCCOCCOCCOC(=O)CCCC[C@@H]1SC[C@]2(C)NC(=O)N[C@]12C)[C@H]1CC[C@H]2[C@@H]3CC[C@@H]4C[C@H](OC5CCCCO5)CC[C@]4(C)[C@H]3CC[C@]12C. The summed E-state index contributed by atoms with van der Waals surface area (Å²) >= 11 is 1.89. The van der Waals surface area contributed by atoms with Crippen LogP contribution in [0.5, 0.6) is 0 Å². The van der Waals surface area contributed by atoms with Crippen LogP contribution in [0.3, 0.4) is 0 Å². The Labute approximate surface area is 448 Å². The van der Waals surface area contributed by atoms with Crippen molar-refractivity contribution in [2.75, 3.05) is 118 Å². The maximum Gasteiger partial charge on any atom is 0.315 e. The smallest absolute Gasteiger partial charge is 0.315 e. The zero-order valence-electron chi connectivity index (χ0n) is 46.3.